The molecule has 0 aliphatic carbocycles. The van der Waals surface area contributed by atoms with Crippen molar-refractivity contribution in [3.63, 3.8) is 0 Å². The SMILES string of the molecule is CC(=O)N(CC=O)C(=O)CN. The van der Waals surface area contributed by atoms with Crippen LogP contribution in [0.2, 0.25) is 0 Å². The fourth-order valence-corrected chi connectivity index (χ4v) is 0.591. The molecule has 0 rings (SSSR count). The Hall–Kier alpha value is -1.23. The molecule has 0 spiro atoms. The van der Waals surface area contributed by atoms with Gasteiger partial charge in [-0.05, 0) is 0 Å². The van der Waals surface area contributed by atoms with Gasteiger partial charge in [0, 0.05) is 6.92 Å². The number of aldehydes is 1. The Kier molecular flexibility index (Phi) is 4.05. The normalized spacial score (nSPS) is 8.91. The first-order valence-corrected chi connectivity index (χ1v) is 3.08. The molecule has 2 N–H and O–H groups in total. The fraction of sp³-hybridized carbons (Fsp3) is 0.500. The van der Waals surface area contributed by atoms with E-state index in [-0.39, 0.29) is 13.1 Å². The number of rotatable bonds is 3. The van der Waals surface area contributed by atoms with Crippen LogP contribution in [0.5, 0.6) is 0 Å². The van der Waals surface area contributed by atoms with Crippen molar-refractivity contribution in [2.75, 3.05) is 13.1 Å². The average molecular weight is 158 g/mol. The van der Waals surface area contributed by atoms with Crippen LogP contribution in [0.15, 0.2) is 0 Å². The van der Waals surface area contributed by atoms with Gasteiger partial charge in [-0.1, -0.05) is 0 Å². The molecule has 0 aliphatic rings. The van der Waals surface area contributed by atoms with Crippen LogP contribution in [0, 0.1) is 0 Å². The molecular formula is C6H10N2O3. The maximum atomic E-state index is 10.8. The summed E-state index contributed by atoms with van der Waals surface area (Å²) < 4.78 is 0. The molecule has 0 saturated carbocycles. The molecule has 0 aromatic carbocycles. The van der Waals surface area contributed by atoms with Crippen LogP contribution >= 0.6 is 0 Å². The number of nitrogens with zero attached hydrogens (tertiary/aromatic N) is 1. The summed E-state index contributed by atoms with van der Waals surface area (Å²) in [5.41, 5.74) is 4.98. The summed E-state index contributed by atoms with van der Waals surface area (Å²) in [7, 11) is 0. The van der Waals surface area contributed by atoms with E-state index in [0.29, 0.717) is 6.29 Å². The molecule has 0 radical (unpaired) electrons. The van der Waals surface area contributed by atoms with Crippen molar-refractivity contribution in [2.24, 2.45) is 5.73 Å². The highest BCUT2D eigenvalue weighted by atomic mass is 16.2. The highest BCUT2D eigenvalue weighted by molar-refractivity contribution is 5.96. The molecule has 0 bridgehead atoms. The summed E-state index contributed by atoms with van der Waals surface area (Å²) in [6, 6.07) is 0. The monoisotopic (exact) mass is 158 g/mol. The van der Waals surface area contributed by atoms with Crippen molar-refractivity contribution in [1.29, 1.82) is 0 Å². The van der Waals surface area contributed by atoms with Crippen LogP contribution in [0.3, 0.4) is 0 Å². The van der Waals surface area contributed by atoms with Crippen LogP contribution in [-0.2, 0) is 14.4 Å². The van der Waals surface area contributed by atoms with E-state index in [1.807, 2.05) is 0 Å². The minimum absolute atomic E-state index is 0.217. The van der Waals surface area contributed by atoms with Gasteiger partial charge in [0.1, 0.15) is 6.29 Å². The number of amides is 2. The Balaban J connectivity index is 4.20. The van der Waals surface area contributed by atoms with E-state index < -0.39 is 11.8 Å². The van der Waals surface area contributed by atoms with E-state index in [0.717, 1.165) is 4.90 Å². The molecular weight excluding hydrogens is 148 g/mol. The molecule has 0 heterocycles. The molecule has 11 heavy (non-hydrogen) atoms. The maximum absolute atomic E-state index is 10.8. The molecule has 0 saturated heterocycles. The summed E-state index contributed by atoms with van der Waals surface area (Å²) in [4.78, 5) is 32.1. The fourth-order valence-electron chi connectivity index (χ4n) is 0.591. The summed E-state index contributed by atoms with van der Waals surface area (Å²) in [5.74, 6) is -1.00. The van der Waals surface area contributed by atoms with Gasteiger partial charge in [-0.2, -0.15) is 0 Å². The van der Waals surface area contributed by atoms with Gasteiger partial charge in [0.2, 0.25) is 11.8 Å². The van der Waals surface area contributed by atoms with E-state index in [4.69, 9.17) is 5.73 Å². The van der Waals surface area contributed by atoms with E-state index in [9.17, 15) is 14.4 Å². The molecule has 0 aromatic heterocycles. The Morgan fingerprint density at radius 3 is 2.36 bits per heavy atom. The van der Waals surface area contributed by atoms with Crippen LogP contribution in [-0.4, -0.2) is 36.1 Å². The van der Waals surface area contributed by atoms with Gasteiger partial charge in [-0.25, -0.2) is 0 Å². The third kappa shape index (κ3) is 2.90. The second-order valence-corrected chi connectivity index (χ2v) is 1.89. The number of nitrogens with two attached hydrogens (primary N) is 1. The van der Waals surface area contributed by atoms with Crippen molar-refractivity contribution in [3.8, 4) is 0 Å². The number of imide groups is 1. The minimum Gasteiger partial charge on any atom is -0.322 e. The van der Waals surface area contributed by atoms with E-state index in [2.05, 4.69) is 0 Å². The second kappa shape index (κ2) is 4.56. The number of hydrogen-bond donors (Lipinski definition) is 1. The van der Waals surface area contributed by atoms with Crippen LogP contribution in [0.1, 0.15) is 6.92 Å². The van der Waals surface area contributed by atoms with E-state index in [1.165, 1.54) is 6.92 Å². The highest BCUT2D eigenvalue weighted by Crippen LogP contribution is 1.87. The Labute approximate surface area is 64.1 Å². The Morgan fingerprint density at radius 1 is 1.55 bits per heavy atom. The molecule has 0 atom stereocenters. The lowest BCUT2D eigenvalue weighted by atomic mass is 10.4. The summed E-state index contributed by atoms with van der Waals surface area (Å²) in [5, 5.41) is 0. The molecule has 5 nitrogen and oxygen atoms in total. The Morgan fingerprint density at radius 2 is 2.09 bits per heavy atom. The van der Waals surface area contributed by atoms with Gasteiger partial charge >= 0.3 is 0 Å². The van der Waals surface area contributed by atoms with Gasteiger partial charge in [-0.3, -0.25) is 14.5 Å². The summed E-state index contributed by atoms with van der Waals surface area (Å²) in [6.45, 7) is 0.732. The van der Waals surface area contributed by atoms with Crippen molar-refractivity contribution in [2.45, 2.75) is 6.92 Å². The molecule has 2 amide bonds. The zero-order valence-corrected chi connectivity index (χ0v) is 6.24. The first-order valence-electron chi connectivity index (χ1n) is 3.08. The lowest BCUT2D eigenvalue weighted by Gasteiger charge is -2.13. The van der Waals surface area contributed by atoms with Crippen molar-refractivity contribution < 1.29 is 14.4 Å². The van der Waals surface area contributed by atoms with Gasteiger partial charge in [0.15, 0.2) is 0 Å². The molecule has 62 valence electrons. The highest BCUT2D eigenvalue weighted by Gasteiger charge is 2.14. The number of carbonyl (C=O) groups excluding carboxylic acids is 3. The van der Waals surface area contributed by atoms with Crippen molar-refractivity contribution in [1.82, 2.24) is 4.90 Å². The predicted molar refractivity (Wildman–Crippen MR) is 37.5 cm³/mol. The third-order valence-electron chi connectivity index (χ3n) is 1.11. The Bertz CT molecular complexity index is 179. The zero-order chi connectivity index (χ0) is 8.85. The molecule has 0 fully saturated rings. The van der Waals surface area contributed by atoms with Crippen LogP contribution < -0.4 is 5.73 Å². The zero-order valence-electron chi connectivity index (χ0n) is 6.24. The predicted octanol–water partition coefficient (Wildman–Crippen LogP) is -1.48. The van der Waals surface area contributed by atoms with Crippen LogP contribution in [0.25, 0.3) is 0 Å². The van der Waals surface area contributed by atoms with Crippen LogP contribution in [0.4, 0.5) is 0 Å². The first-order chi connectivity index (χ1) is 5.13. The molecule has 0 aromatic rings. The first kappa shape index (κ1) is 9.77. The maximum Gasteiger partial charge on any atom is 0.243 e. The largest absolute Gasteiger partial charge is 0.322 e. The third-order valence-corrected chi connectivity index (χ3v) is 1.11. The lowest BCUT2D eigenvalue weighted by molar-refractivity contribution is -0.144. The quantitative estimate of drug-likeness (QED) is 0.508. The van der Waals surface area contributed by atoms with Gasteiger partial charge in [0.05, 0.1) is 13.1 Å². The topological polar surface area (TPSA) is 80.5 Å². The van der Waals surface area contributed by atoms with E-state index >= 15 is 0 Å². The minimum atomic E-state index is -0.537. The second-order valence-electron chi connectivity index (χ2n) is 1.89. The lowest BCUT2D eigenvalue weighted by Crippen LogP contribution is -2.40. The summed E-state index contributed by atoms with van der Waals surface area (Å²) in [6.07, 6.45) is 0.481. The van der Waals surface area contributed by atoms with Gasteiger partial charge in [0.25, 0.3) is 0 Å². The molecule has 0 aliphatic heterocycles. The van der Waals surface area contributed by atoms with Crippen molar-refractivity contribution >= 4 is 18.1 Å². The van der Waals surface area contributed by atoms with Gasteiger partial charge < -0.3 is 10.5 Å². The van der Waals surface area contributed by atoms with E-state index in [1.54, 1.807) is 0 Å². The molecule has 5 heteroatoms. The molecule has 0 unspecified atom stereocenters. The summed E-state index contributed by atoms with van der Waals surface area (Å²) >= 11 is 0. The standard InChI is InChI=1S/C6H10N2O3/c1-5(10)8(2-3-9)6(11)4-7/h3H,2,4,7H2,1H3. The number of carbonyl (C=O) groups is 3. The smallest absolute Gasteiger partial charge is 0.243 e. The average Bonchev–Trinajstić information content (AvgIpc) is 1.98. The van der Waals surface area contributed by atoms with Crippen molar-refractivity contribution in [3.05, 3.63) is 0 Å². The van der Waals surface area contributed by atoms with Gasteiger partial charge in [-0.15, -0.1) is 0 Å². The number of hydrogen-bond acceptors (Lipinski definition) is 4.